The predicted molar refractivity (Wildman–Crippen MR) is 75.7 cm³/mol. The van der Waals surface area contributed by atoms with Crippen LogP contribution in [0.5, 0.6) is 0 Å². The molecule has 7 heteroatoms. The van der Waals surface area contributed by atoms with Gasteiger partial charge in [0, 0.05) is 5.56 Å². The first-order chi connectivity index (χ1) is 8.87. The molecular weight excluding hydrogens is 280 g/mol. The maximum absolute atomic E-state index is 12.2. The van der Waals surface area contributed by atoms with Gasteiger partial charge in [0.1, 0.15) is 0 Å². The maximum atomic E-state index is 12.2. The van der Waals surface area contributed by atoms with Crippen LogP contribution in [0, 0.1) is 0 Å². The van der Waals surface area contributed by atoms with Crippen LogP contribution < -0.4 is 10.5 Å². The summed E-state index contributed by atoms with van der Waals surface area (Å²) in [6, 6.07) is 5.27. The van der Waals surface area contributed by atoms with E-state index in [0.29, 0.717) is 0 Å². The highest BCUT2D eigenvalue weighted by atomic mass is 32.2. The standard InChI is InChI=1S/C13H20N2O4S/c1-12(2,13(3,4)17)15-20(18,19)10-7-5-9(6-8-10)11(14)16/h5-8,15,17H,1-4H3,(H2,14,16). The van der Waals surface area contributed by atoms with Crippen LogP contribution in [0.15, 0.2) is 29.2 Å². The van der Waals surface area contributed by atoms with E-state index in [9.17, 15) is 18.3 Å². The van der Waals surface area contributed by atoms with Crippen LogP contribution in [-0.2, 0) is 10.0 Å². The molecule has 0 atom stereocenters. The minimum Gasteiger partial charge on any atom is -0.389 e. The third-order valence-corrected chi connectivity index (χ3v) is 5.04. The highest BCUT2D eigenvalue weighted by molar-refractivity contribution is 7.89. The van der Waals surface area contributed by atoms with Gasteiger partial charge in [0.25, 0.3) is 0 Å². The van der Waals surface area contributed by atoms with Crippen molar-refractivity contribution in [3.05, 3.63) is 29.8 Å². The molecule has 0 aliphatic rings. The molecule has 1 aromatic carbocycles. The molecule has 20 heavy (non-hydrogen) atoms. The molecular formula is C13H20N2O4S. The first-order valence-corrected chi connectivity index (χ1v) is 7.51. The molecule has 6 nitrogen and oxygen atoms in total. The van der Waals surface area contributed by atoms with Crippen LogP contribution in [0.4, 0.5) is 0 Å². The van der Waals surface area contributed by atoms with Crippen molar-refractivity contribution >= 4 is 15.9 Å². The minimum absolute atomic E-state index is 0.000162. The van der Waals surface area contributed by atoms with Gasteiger partial charge < -0.3 is 10.8 Å². The second-order valence-corrected chi connectivity index (χ2v) is 7.36. The van der Waals surface area contributed by atoms with Crippen LogP contribution >= 0.6 is 0 Å². The highest BCUT2D eigenvalue weighted by Gasteiger charge is 2.38. The number of nitrogens with two attached hydrogens (primary N) is 1. The predicted octanol–water partition coefficient (Wildman–Crippen LogP) is 0.613. The van der Waals surface area contributed by atoms with Crippen molar-refractivity contribution in [2.75, 3.05) is 0 Å². The third-order valence-electron chi connectivity index (χ3n) is 3.37. The lowest BCUT2D eigenvalue weighted by Gasteiger charge is -2.37. The summed E-state index contributed by atoms with van der Waals surface area (Å²) < 4.78 is 26.9. The van der Waals surface area contributed by atoms with Gasteiger partial charge in [0.2, 0.25) is 15.9 Å². The number of rotatable bonds is 5. The number of aliphatic hydroxyl groups is 1. The lowest BCUT2D eigenvalue weighted by atomic mass is 9.87. The molecule has 0 heterocycles. The van der Waals surface area contributed by atoms with E-state index in [1.165, 1.54) is 38.1 Å². The van der Waals surface area contributed by atoms with Crippen molar-refractivity contribution in [2.24, 2.45) is 5.73 Å². The highest BCUT2D eigenvalue weighted by Crippen LogP contribution is 2.23. The second-order valence-electron chi connectivity index (χ2n) is 5.68. The Morgan fingerprint density at radius 3 is 1.95 bits per heavy atom. The van der Waals surface area contributed by atoms with E-state index in [2.05, 4.69) is 4.72 Å². The smallest absolute Gasteiger partial charge is 0.248 e. The number of carbonyl (C=O) groups is 1. The molecule has 0 fully saturated rings. The van der Waals surface area contributed by atoms with Crippen molar-refractivity contribution in [3.8, 4) is 0 Å². The Morgan fingerprint density at radius 2 is 1.60 bits per heavy atom. The van der Waals surface area contributed by atoms with E-state index >= 15 is 0 Å². The van der Waals surface area contributed by atoms with Gasteiger partial charge in [-0.05, 0) is 52.0 Å². The summed E-state index contributed by atoms with van der Waals surface area (Å²) in [5.74, 6) is -0.626. The molecule has 0 spiro atoms. The summed E-state index contributed by atoms with van der Waals surface area (Å²) in [4.78, 5) is 10.9. The van der Waals surface area contributed by atoms with Crippen LogP contribution in [0.3, 0.4) is 0 Å². The Kier molecular flexibility index (Phi) is 4.28. The monoisotopic (exact) mass is 300 g/mol. The molecule has 0 saturated heterocycles. The number of primary amides is 1. The zero-order valence-corrected chi connectivity index (χ0v) is 12.8. The van der Waals surface area contributed by atoms with Gasteiger partial charge >= 0.3 is 0 Å². The van der Waals surface area contributed by atoms with Crippen LogP contribution in [0.1, 0.15) is 38.1 Å². The number of nitrogens with one attached hydrogen (secondary N) is 1. The average Bonchev–Trinajstić information content (AvgIpc) is 2.26. The van der Waals surface area contributed by atoms with Gasteiger partial charge in [-0.25, -0.2) is 13.1 Å². The van der Waals surface area contributed by atoms with E-state index in [-0.39, 0.29) is 10.5 Å². The van der Waals surface area contributed by atoms with Gasteiger partial charge in [0.05, 0.1) is 16.0 Å². The molecule has 4 N–H and O–H groups in total. The number of hydrogen-bond acceptors (Lipinski definition) is 4. The Morgan fingerprint density at radius 1 is 1.15 bits per heavy atom. The molecule has 0 aliphatic carbocycles. The number of sulfonamides is 1. The van der Waals surface area contributed by atoms with Gasteiger partial charge in [-0.1, -0.05) is 0 Å². The summed E-state index contributed by atoms with van der Waals surface area (Å²) in [6.45, 7) is 6.21. The van der Waals surface area contributed by atoms with E-state index in [1.54, 1.807) is 13.8 Å². The topological polar surface area (TPSA) is 109 Å². The largest absolute Gasteiger partial charge is 0.389 e. The number of carbonyl (C=O) groups excluding carboxylic acids is 1. The molecule has 0 radical (unpaired) electrons. The lowest BCUT2D eigenvalue weighted by Crippen LogP contribution is -2.57. The van der Waals surface area contributed by atoms with Gasteiger partial charge in [-0.15, -0.1) is 0 Å². The minimum atomic E-state index is -3.81. The quantitative estimate of drug-likeness (QED) is 0.740. The molecule has 1 rings (SSSR count). The fourth-order valence-corrected chi connectivity index (χ4v) is 2.85. The van der Waals surface area contributed by atoms with E-state index in [1.807, 2.05) is 0 Å². The first kappa shape index (κ1) is 16.6. The van der Waals surface area contributed by atoms with Crippen LogP contribution in [-0.4, -0.2) is 30.6 Å². The zero-order valence-electron chi connectivity index (χ0n) is 12.0. The van der Waals surface area contributed by atoms with Gasteiger partial charge in [-0.3, -0.25) is 4.79 Å². The second kappa shape index (κ2) is 5.16. The fraction of sp³-hybridized carbons (Fsp3) is 0.462. The average molecular weight is 300 g/mol. The van der Waals surface area contributed by atoms with Crippen molar-refractivity contribution in [1.29, 1.82) is 0 Å². The number of hydrogen-bond donors (Lipinski definition) is 3. The lowest BCUT2D eigenvalue weighted by molar-refractivity contribution is 0.00638. The van der Waals surface area contributed by atoms with E-state index in [4.69, 9.17) is 5.73 Å². The Bertz CT molecular complexity index is 598. The van der Waals surface area contributed by atoms with Crippen molar-refractivity contribution in [2.45, 2.75) is 43.7 Å². The summed E-state index contributed by atoms with van der Waals surface area (Å²) >= 11 is 0. The zero-order chi connectivity index (χ0) is 15.8. The molecule has 0 aromatic heterocycles. The third kappa shape index (κ3) is 3.56. The molecule has 1 aromatic rings. The molecule has 0 bridgehead atoms. The van der Waals surface area contributed by atoms with Crippen LogP contribution in [0.25, 0.3) is 0 Å². The Labute approximate surface area is 119 Å². The SMILES string of the molecule is CC(C)(O)C(C)(C)NS(=O)(=O)c1ccc(C(N)=O)cc1. The molecule has 1 amide bonds. The van der Waals surface area contributed by atoms with Crippen molar-refractivity contribution in [1.82, 2.24) is 4.72 Å². The molecule has 112 valence electrons. The Hall–Kier alpha value is -1.44. The summed E-state index contributed by atoms with van der Waals surface area (Å²) in [7, 11) is -3.81. The van der Waals surface area contributed by atoms with E-state index < -0.39 is 27.1 Å². The summed E-state index contributed by atoms with van der Waals surface area (Å²) in [5, 5.41) is 9.98. The molecule has 0 saturated carbocycles. The number of benzene rings is 1. The molecule has 0 unspecified atom stereocenters. The normalized spacial score (nSPS) is 13.2. The van der Waals surface area contributed by atoms with Crippen molar-refractivity contribution in [3.63, 3.8) is 0 Å². The summed E-state index contributed by atoms with van der Waals surface area (Å²) in [5.41, 5.74) is 3.02. The van der Waals surface area contributed by atoms with Gasteiger partial charge in [-0.2, -0.15) is 0 Å². The summed E-state index contributed by atoms with van der Waals surface area (Å²) in [6.07, 6.45) is 0. The number of amides is 1. The maximum Gasteiger partial charge on any atom is 0.248 e. The van der Waals surface area contributed by atoms with Crippen molar-refractivity contribution < 1.29 is 18.3 Å². The van der Waals surface area contributed by atoms with Crippen LogP contribution in [0.2, 0.25) is 0 Å². The Balaban J connectivity index is 3.09. The molecule has 0 aliphatic heterocycles. The first-order valence-electron chi connectivity index (χ1n) is 6.03. The fourth-order valence-electron chi connectivity index (χ4n) is 1.32. The van der Waals surface area contributed by atoms with E-state index in [0.717, 1.165) is 0 Å². The van der Waals surface area contributed by atoms with Gasteiger partial charge in [0.15, 0.2) is 0 Å².